The van der Waals surface area contributed by atoms with Crippen LogP contribution in [-0.2, 0) is 0 Å². The first-order valence-corrected chi connectivity index (χ1v) is 5.34. The molecule has 0 N–H and O–H groups in total. The van der Waals surface area contributed by atoms with Crippen molar-refractivity contribution >= 4 is 39.0 Å². The van der Waals surface area contributed by atoms with Crippen molar-refractivity contribution in [3.05, 3.63) is 37.8 Å². The maximum absolute atomic E-state index is 11.4. The van der Waals surface area contributed by atoms with Crippen LogP contribution < -0.4 is 0 Å². The summed E-state index contributed by atoms with van der Waals surface area (Å²) in [5.41, 5.74) is 0.571. The van der Waals surface area contributed by atoms with E-state index < -0.39 is 10.7 Å². The molecule has 0 saturated heterocycles. The number of Topliss-reactive ketones (excluding diaryl/α,β-unsaturated/α-hetero) is 1. The molecule has 0 amide bonds. The fourth-order valence-electron chi connectivity index (χ4n) is 1.15. The molecule has 0 saturated carbocycles. The lowest BCUT2D eigenvalue weighted by molar-refractivity contribution is -0.385. The van der Waals surface area contributed by atoms with E-state index >= 15 is 0 Å². The molecule has 6 heteroatoms. The quantitative estimate of drug-likeness (QED) is 0.372. The van der Waals surface area contributed by atoms with Crippen molar-refractivity contribution in [1.82, 2.24) is 0 Å². The fraction of sp³-hybridized carbons (Fsp3) is 0.222. The Hall–Kier alpha value is -0.940. The van der Waals surface area contributed by atoms with Crippen molar-refractivity contribution in [3.63, 3.8) is 0 Å². The largest absolute Gasteiger partial charge is 0.293 e. The van der Waals surface area contributed by atoms with E-state index in [1.165, 1.54) is 6.07 Å². The summed E-state index contributed by atoms with van der Waals surface area (Å²) >= 11 is 8.55. The topological polar surface area (TPSA) is 60.2 Å². The van der Waals surface area contributed by atoms with Crippen molar-refractivity contribution in [2.24, 2.45) is 0 Å². The number of ketones is 1. The Morgan fingerprint density at radius 3 is 2.67 bits per heavy atom. The number of nitro benzene ring substituents is 1. The summed E-state index contributed by atoms with van der Waals surface area (Å²) in [6.45, 7) is 1.75. The molecular weight excluding hydrogens is 285 g/mol. The van der Waals surface area contributed by atoms with Gasteiger partial charge in [-0.15, -0.1) is 11.6 Å². The molecule has 0 aliphatic heterocycles. The number of nitro groups is 1. The minimum absolute atomic E-state index is 0.0370. The van der Waals surface area contributed by atoms with Crippen LogP contribution in [0, 0.1) is 17.0 Å². The van der Waals surface area contributed by atoms with Gasteiger partial charge in [-0.05, 0) is 28.4 Å². The lowest BCUT2D eigenvalue weighted by Crippen LogP contribution is -2.07. The van der Waals surface area contributed by atoms with Crippen LogP contribution in [0.2, 0.25) is 0 Å². The van der Waals surface area contributed by atoms with Gasteiger partial charge in [-0.25, -0.2) is 0 Å². The third-order valence-electron chi connectivity index (χ3n) is 1.91. The monoisotopic (exact) mass is 291 g/mol. The predicted molar refractivity (Wildman–Crippen MR) is 60.6 cm³/mol. The number of halogens is 2. The molecule has 80 valence electrons. The highest BCUT2D eigenvalue weighted by atomic mass is 79.9. The van der Waals surface area contributed by atoms with E-state index in [0.29, 0.717) is 4.47 Å². The molecule has 1 aromatic rings. The van der Waals surface area contributed by atoms with E-state index in [1.807, 2.05) is 0 Å². The summed E-state index contributed by atoms with van der Waals surface area (Å²) in [5.74, 6) is -0.734. The first-order chi connectivity index (χ1) is 6.99. The van der Waals surface area contributed by atoms with Crippen LogP contribution in [0.4, 0.5) is 5.69 Å². The van der Waals surface area contributed by atoms with Gasteiger partial charge in [0.1, 0.15) is 5.56 Å². The molecule has 0 aromatic heterocycles. The molecule has 0 bridgehead atoms. The van der Waals surface area contributed by atoms with Crippen LogP contribution in [0.3, 0.4) is 0 Å². The molecule has 0 aliphatic rings. The summed E-state index contributed by atoms with van der Waals surface area (Å²) in [6.07, 6.45) is 0. The normalized spacial score (nSPS) is 10.1. The van der Waals surface area contributed by atoms with Crippen LogP contribution in [0.1, 0.15) is 15.9 Å². The average Bonchev–Trinajstić information content (AvgIpc) is 2.20. The number of carbonyl (C=O) groups is 1. The molecule has 0 atom stereocenters. The van der Waals surface area contributed by atoms with Crippen molar-refractivity contribution < 1.29 is 9.72 Å². The van der Waals surface area contributed by atoms with Crippen molar-refractivity contribution in [2.45, 2.75) is 6.92 Å². The Kier molecular flexibility index (Phi) is 3.82. The number of nitrogens with zero attached hydrogens (tertiary/aromatic N) is 1. The van der Waals surface area contributed by atoms with Gasteiger partial charge in [0.05, 0.1) is 10.8 Å². The average molecular weight is 293 g/mol. The summed E-state index contributed by atoms with van der Waals surface area (Å²) in [6, 6.07) is 2.88. The zero-order valence-electron chi connectivity index (χ0n) is 7.79. The van der Waals surface area contributed by atoms with E-state index in [2.05, 4.69) is 15.9 Å². The third-order valence-corrected chi connectivity index (χ3v) is 3.17. The standard InChI is InChI=1S/C9H7BrClNO3/c1-5-2-3-6(12(14)15)8(9(5)10)7(13)4-11/h2-3H,4H2,1H3. The van der Waals surface area contributed by atoms with E-state index in [4.69, 9.17) is 11.6 Å². The summed E-state index contributed by atoms with van der Waals surface area (Å²) in [4.78, 5) is 21.5. The highest BCUT2D eigenvalue weighted by molar-refractivity contribution is 9.10. The lowest BCUT2D eigenvalue weighted by atomic mass is 10.1. The van der Waals surface area contributed by atoms with Gasteiger partial charge < -0.3 is 0 Å². The number of aryl methyl sites for hydroxylation is 1. The highest BCUT2D eigenvalue weighted by Gasteiger charge is 2.23. The molecule has 1 aromatic carbocycles. The molecule has 4 nitrogen and oxygen atoms in total. The Bertz CT molecular complexity index is 434. The van der Waals surface area contributed by atoms with Gasteiger partial charge in [-0.3, -0.25) is 14.9 Å². The van der Waals surface area contributed by atoms with Crippen LogP contribution in [0.25, 0.3) is 0 Å². The predicted octanol–water partition coefficient (Wildman–Crippen LogP) is 3.09. The minimum atomic E-state index is -0.593. The minimum Gasteiger partial charge on any atom is -0.293 e. The van der Waals surface area contributed by atoms with Crippen molar-refractivity contribution in [3.8, 4) is 0 Å². The second-order valence-electron chi connectivity index (χ2n) is 2.90. The number of carbonyl (C=O) groups excluding carboxylic acids is 1. The fourth-order valence-corrected chi connectivity index (χ4v) is 1.84. The summed E-state index contributed by atoms with van der Waals surface area (Å²) < 4.78 is 0.433. The molecular formula is C9H7BrClNO3. The van der Waals surface area contributed by atoms with Crippen LogP contribution in [-0.4, -0.2) is 16.6 Å². The van der Waals surface area contributed by atoms with Crippen LogP contribution >= 0.6 is 27.5 Å². The molecule has 0 fully saturated rings. The van der Waals surface area contributed by atoms with Crippen LogP contribution in [0.15, 0.2) is 16.6 Å². The number of rotatable bonds is 3. The van der Waals surface area contributed by atoms with E-state index in [0.717, 1.165) is 5.56 Å². The second kappa shape index (κ2) is 4.72. The lowest BCUT2D eigenvalue weighted by Gasteiger charge is -2.05. The van der Waals surface area contributed by atoms with Gasteiger partial charge in [0.25, 0.3) is 5.69 Å². The van der Waals surface area contributed by atoms with E-state index in [9.17, 15) is 14.9 Å². The number of hydrogen-bond donors (Lipinski definition) is 0. The van der Waals surface area contributed by atoms with Gasteiger partial charge in [0.2, 0.25) is 0 Å². The molecule has 0 radical (unpaired) electrons. The Morgan fingerprint density at radius 2 is 2.20 bits per heavy atom. The van der Waals surface area contributed by atoms with Gasteiger partial charge in [0, 0.05) is 10.5 Å². The molecule has 15 heavy (non-hydrogen) atoms. The molecule has 1 rings (SSSR count). The van der Waals surface area contributed by atoms with Crippen molar-refractivity contribution in [1.29, 1.82) is 0 Å². The smallest absolute Gasteiger partial charge is 0.281 e. The maximum Gasteiger partial charge on any atom is 0.281 e. The van der Waals surface area contributed by atoms with Gasteiger partial charge in [0.15, 0.2) is 5.78 Å². The first-order valence-electron chi connectivity index (χ1n) is 4.01. The first kappa shape index (κ1) is 12.1. The number of alkyl halides is 1. The molecule has 0 spiro atoms. The van der Waals surface area contributed by atoms with Gasteiger partial charge in [-0.1, -0.05) is 6.07 Å². The molecule has 0 heterocycles. The van der Waals surface area contributed by atoms with Crippen molar-refractivity contribution in [2.75, 3.05) is 5.88 Å². The Labute approximate surface area is 99.5 Å². The molecule has 0 unspecified atom stereocenters. The maximum atomic E-state index is 11.4. The summed E-state index contributed by atoms with van der Waals surface area (Å²) in [5, 5.41) is 10.7. The van der Waals surface area contributed by atoms with Gasteiger partial charge >= 0.3 is 0 Å². The highest BCUT2D eigenvalue weighted by Crippen LogP contribution is 2.30. The van der Waals surface area contributed by atoms with Crippen LogP contribution in [0.5, 0.6) is 0 Å². The molecule has 0 aliphatic carbocycles. The Balaban J connectivity index is 3.48. The zero-order valence-corrected chi connectivity index (χ0v) is 10.1. The SMILES string of the molecule is Cc1ccc([N+](=O)[O-])c(C(=O)CCl)c1Br. The van der Waals surface area contributed by atoms with Gasteiger partial charge in [-0.2, -0.15) is 0 Å². The van der Waals surface area contributed by atoms with E-state index in [-0.39, 0.29) is 17.1 Å². The zero-order chi connectivity index (χ0) is 11.6. The van der Waals surface area contributed by atoms with E-state index in [1.54, 1.807) is 13.0 Å². The number of benzene rings is 1. The Morgan fingerprint density at radius 1 is 1.60 bits per heavy atom. The second-order valence-corrected chi connectivity index (χ2v) is 3.96. The summed E-state index contributed by atoms with van der Waals surface area (Å²) in [7, 11) is 0. The third kappa shape index (κ3) is 2.35. The number of hydrogen-bond acceptors (Lipinski definition) is 3.